The summed E-state index contributed by atoms with van der Waals surface area (Å²) in [5.74, 6) is -1.40. The van der Waals surface area contributed by atoms with Crippen molar-refractivity contribution < 1.29 is 37.7 Å². The minimum absolute atomic E-state index is 0.00465. The topological polar surface area (TPSA) is 117 Å². The Kier molecular flexibility index (Phi) is 6.38. The summed E-state index contributed by atoms with van der Waals surface area (Å²) < 4.78 is 25.5. The lowest BCUT2D eigenvalue weighted by atomic mass is 10.1. The number of nitrogens with zero attached hydrogens (tertiary/aromatic N) is 1. The van der Waals surface area contributed by atoms with E-state index in [-0.39, 0.29) is 30.4 Å². The molecule has 0 aliphatic carbocycles. The van der Waals surface area contributed by atoms with Gasteiger partial charge in [-0.2, -0.15) is 0 Å². The summed E-state index contributed by atoms with van der Waals surface area (Å²) in [5.41, 5.74) is 0.900. The van der Waals surface area contributed by atoms with E-state index < -0.39 is 17.8 Å². The molecule has 1 aliphatic heterocycles. The third-order valence-electron chi connectivity index (χ3n) is 4.32. The van der Waals surface area contributed by atoms with Crippen LogP contribution in [0.15, 0.2) is 52.3 Å². The van der Waals surface area contributed by atoms with Crippen LogP contribution in [0.4, 0.5) is 11.4 Å². The first kappa shape index (κ1) is 20.9. The Morgan fingerprint density at radius 1 is 1.07 bits per heavy atom. The average molecular weight is 416 g/mol. The lowest BCUT2D eigenvalue weighted by molar-refractivity contribution is -0.140. The molecule has 10 nitrogen and oxygen atoms in total. The monoisotopic (exact) mass is 416 g/mol. The van der Waals surface area contributed by atoms with Crippen molar-refractivity contribution in [1.82, 2.24) is 0 Å². The lowest BCUT2D eigenvalue weighted by Gasteiger charge is -2.31. The molecule has 1 amide bonds. The van der Waals surface area contributed by atoms with Gasteiger partial charge in [0.05, 0.1) is 45.5 Å². The van der Waals surface area contributed by atoms with Gasteiger partial charge in [0.2, 0.25) is 0 Å². The molecule has 0 radical (unpaired) electrons. The molecule has 0 bridgehead atoms. The number of benzene rings is 1. The third kappa shape index (κ3) is 4.13. The number of carbonyl (C=O) groups is 3. The van der Waals surface area contributed by atoms with E-state index in [0.29, 0.717) is 17.1 Å². The van der Waals surface area contributed by atoms with Crippen molar-refractivity contribution in [2.45, 2.75) is 0 Å². The predicted molar refractivity (Wildman–Crippen MR) is 104 cm³/mol. The van der Waals surface area contributed by atoms with Crippen molar-refractivity contribution in [2.75, 3.05) is 44.9 Å². The van der Waals surface area contributed by atoms with Gasteiger partial charge in [-0.1, -0.05) is 0 Å². The number of amides is 1. The molecule has 0 fully saturated rings. The van der Waals surface area contributed by atoms with Gasteiger partial charge in [-0.05, 0) is 24.3 Å². The SMILES string of the molecule is COC(=O)C1=C(C(=O)OC)N(c2ccc(NC(=O)c3ccco3)c(OC)c2)COC1. The number of ether oxygens (including phenoxy) is 4. The van der Waals surface area contributed by atoms with Crippen LogP contribution in [-0.2, 0) is 23.8 Å². The van der Waals surface area contributed by atoms with E-state index in [4.69, 9.17) is 23.4 Å². The Morgan fingerprint density at radius 3 is 2.47 bits per heavy atom. The van der Waals surface area contributed by atoms with Crippen LogP contribution in [0.25, 0.3) is 0 Å². The Labute approximate surface area is 171 Å². The first-order valence-corrected chi connectivity index (χ1v) is 8.78. The summed E-state index contributed by atoms with van der Waals surface area (Å²) in [6.45, 7) is -0.103. The van der Waals surface area contributed by atoms with Crippen molar-refractivity contribution in [3.05, 3.63) is 53.6 Å². The summed E-state index contributed by atoms with van der Waals surface area (Å²) in [7, 11) is 3.86. The van der Waals surface area contributed by atoms with Gasteiger partial charge in [0.15, 0.2) is 5.76 Å². The van der Waals surface area contributed by atoms with Gasteiger partial charge in [-0.3, -0.25) is 4.79 Å². The summed E-state index contributed by atoms with van der Waals surface area (Å²) in [5, 5.41) is 2.69. The van der Waals surface area contributed by atoms with Crippen LogP contribution >= 0.6 is 0 Å². The Hall–Kier alpha value is -3.79. The van der Waals surface area contributed by atoms with Crippen molar-refractivity contribution in [3.63, 3.8) is 0 Å². The highest BCUT2D eigenvalue weighted by molar-refractivity contribution is 6.04. The fraction of sp³-hybridized carbons (Fsp3) is 0.250. The molecule has 2 aromatic rings. The number of hydrogen-bond acceptors (Lipinski definition) is 9. The maximum Gasteiger partial charge on any atom is 0.355 e. The van der Waals surface area contributed by atoms with Crippen LogP contribution in [0, 0.1) is 0 Å². The van der Waals surface area contributed by atoms with E-state index in [1.54, 1.807) is 24.3 Å². The zero-order chi connectivity index (χ0) is 21.7. The second kappa shape index (κ2) is 9.14. The van der Waals surface area contributed by atoms with Crippen molar-refractivity contribution in [2.24, 2.45) is 0 Å². The van der Waals surface area contributed by atoms with E-state index in [1.165, 1.54) is 38.6 Å². The summed E-state index contributed by atoms with van der Waals surface area (Å²) in [4.78, 5) is 38.2. The normalized spacial score (nSPS) is 13.6. The maximum absolute atomic E-state index is 12.4. The van der Waals surface area contributed by atoms with Gasteiger partial charge in [0, 0.05) is 11.8 Å². The summed E-state index contributed by atoms with van der Waals surface area (Å²) >= 11 is 0. The Morgan fingerprint density at radius 2 is 1.83 bits per heavy atom. The smallest absolute Gasteiger partial charge is 0.355 e. The van der Waals surface area contributed by atoms with E-state index in [0.717, 1.165) is 0 Å². The molecule has 10 heteroatoms. The van der Waals surface area contributed by atoms with Gasteiger partial charge in [0.25, 0.3) is 5.91 Å². The number of hydrogen-bond donors (Lipinski definition) is 1. The highest BCUT2D eigenvalue weighted by atomic mass is 16.5. The molecule has 0 saturated heterocycles. The molecule has 1 N–H and O–H groups in total. The van der Waals surface area contributed by atoms with Crippen LogP contribution in [0.5, 0.6) is 5.75 Å². The molecule has 1 aromatic carbocycles. The fourth-order valence-corrected chi connectivity index (χ4v) is 2.89. The average Bonchev–Trinajstić information content (AvgIpc) is 3.33. The first-order valence-electron chi connectivity index (χ1n) is 8.78. The van der Waals surface area contributed by atoms with Gasteiger partial charge >= 0.3 is 11.9 Å². The van der Waals surface area contributed by atoms with Crippen LogP contribution in [0.3, 0.4) is 0 Å². The number of nitrogens with one attached hydrogen (secondary N) is 1. The van der Waals surface area contributed by atoms with Crippen LogP contribution in [0.2, 0.25) is 0 Å². The molecule has 0 unspecified atom stereocenters. The molecule has 2 heterocycles. The molecule has 158 valence electrons. The van der Waals surface area contributed by atoms with E-state index in [9.17, 15) is 14.4 Å². The van der Waals surface area contributed by atoms with E-state index in [1.807, 2.05) is 0 Å². The van der Waals surface area contributed by atoms with E-state index in [2.05, 4.69) is 5.32 Å². The minimum Gasteiger partial charge on any atom is -0.494 e. The molecule has 30 heavy (non-hydrogen) atoms. The van der Waals surface area contributed by atoms with Gasteiger partial charge in [0.1, 0.15) is 18.2 Å². The molecule has 0 atom stereocenters. The van der Waals surface area contributed by atoms with Crippen LogP contribution in [-0.4, -0.2) is 52.5 Å². The zero-order valence-corrected chi connectivity index (χ0v) is 16.6. The number of carbonyl (C=O) groups excluding carboxylic acids is 3. The summed E-state index contributed by atoms with van der Waals surface area (Å²) in [6.07, 6.45) is 1.39. The van der Waals surface area contributed by atoms with Crippen LogP contribution < -0.4 is 15.0 Å². The maximum atomic E-state index is 12.4. The standard InChI is InChI=1S/C20H20N2O8/c1-26-16-9-12(6-7-14(16)21-18(23)15-5-4-8-30-15)22-11-29-10-13(19(24)27-2)17(22)20(25)28-3/h4-9H,10-11H2,1-3H3,(H,21,23). The molecule has 1 aliphatic rings. The first-order chi connectivity index (χ1) is 14.5. The molecule has 1 aromatic heterocycles. The largest absolute Gasteiger partial charge is 0.494 e. The van der Waals surface area contributed by atoms with Gasteiger partial charge in [-0.25, -0.2) is 9.59 Å². The van der Waals surface area contributed by atoms with E-state index >= 15 is 0 Å². The minimum atomic E-state index is -0.715. The molecular weight excluding hydrogens is 396 g/mol. The fourth-order valence-electron chi connectivity index (χ4n) is 2.89. The zero-order valence-electron chi connectivity index (χ0n) is 16.6. The number of anilines is 2. The van der Waals surface area contributed by atoms with Crippen LogP contribution in [0.1, 0.15) is 10.6 Å². The van der Waals surface area contributed by atoms with Gasteiger partial charge in [-0.15, -0.1) is 0 Å². The number of methoxy groups -OCH3 is 3. The second-order valence-corrected chi connectivity index (χ2v) is 6.03. The molecule has 0 spiro atoms. The predicted octanol–water partition coefficient (Wildman–Crippen LogP) is 1.93. The number of esters is 2. The molecular formula is C20H20N2O8. The Bertz CT molecular complexity index is 981. The van der Waals surface area contributed by atoms with Gasteiger partial charge < -0.3 is 33.6 Å². The van der Waals surface area contributed by atoms with Crippen molar-refractivity contribution >= 4 is 29.2 Å². The Balaban J connectivity index is 1.97. The van der Waals surface area contributed by atoms with Crippen molar-refractivity contribution in [3.8, 4) is 5.75 Å². The highest BCUT2D eigenvalue weighted by Gasteiger charge is 2.32. The van der Waals surface area contributed by atoms with Crippen molar-refractivity contribution in [1.29, 1.82) is 0 Å². The third-order valence-corrected chi connectivity index (χ3v) is 4.32. The lowest BCUT2D eigenvalue weighted by Crippen LogP contribution is -2.38. The molecule has 0 saturated carbocycles. The quantitative estimate of drug-likeness (QED) is 0.705. The highest BCUT2D eigenvalue weighted by Crippen LogP contribution is 2.34. The number of rotatable bonds is 6. The number of furan rings is 1. The molecule has 3 rings (SSSR count). The second-order valence-electron chi connectivity index (χ2n) is 6.03. The summed E-state index contributed by atoms with van der Waals surface area (Å²) in [6, 6.07) is 7.95.